The predicted octanol–water partition coefficient (Wildman–Crippen LogP) is 3.15. The Hall–Kier alpha value is -3.39. The molecule has 8 heteroatoms. The Labute approximate surface area is 158 Å². The monoisotopic (exact) mass is 384 g/mol. The molecule has 0 bridgehead atoms. The molecular weight excluding hydrogens is 368 g/mol. The molecule has 0 aliphatic rings. The summed E-state index contributed by atoms with van der Waals surface area (Å²) in [5, 5.41) is 22.1. The second-order valence-electron chi connectivity index (χ2n) is 5.59. The van der Waals surface area contributed by atoms with Gasteiger partial charge in [0.05, 0.1) is 24.8 Å². The lowest BCUT2D eigenvalue weighted by molar-refractivity contribution is 0.0696. The highest BCUT2D eigenvalue weighted by molar-refractivity contribution is 7.15. The highest BCUT2D eigenvalue weighted by Gasteiger charge is 2.14. The van der Waals surface area contributed by atoms with Crippen LogP contribution >= 0.6 is 11.3 Å². The summed E-state index contributed by atoms with van der Waals surface area (Å²) in [5.41, 5.74) is 0.778. The van der Waals surface area contributed by atoms with Crippen LogP contribution in [0, 0.1) is 0 Å². The van der Waals surface area contributed by atoms with E-state index in [4.69, 9.17) is 9.84 Å². The van der Waals surface area contributed by atoms with Crippen molar-refractivity contribution < 1.29 is 24.5 Å². The van der Waals surface area contributed by atoms with Crippen molar-refractivity contribution in [1.29, 1.82) is 0 Å². The first-order valence-corrected chi connectivity index (χ1v) is 8.73. The Morgan fingerprint density at radius 2 is 1.93 bits per heavy atom. The first kappa shape index (κ1) is 18.4. The third-order valence-electron chi connectivity index (χ3n) is 3.74. The maximum absolute atomic E-state index is 12.3. The number of nitrogens with zero attached hydrogens (tertiary/aromatic N) is 1. The summed E-state index contributed by atoms with van der Waals surface area (Å²) in [7, 11) is 1.59. The summed E-state index contributed by atoms with van der Waals surface area (Å²) < 4.78 is 5.33. The van der Waals surface area contributed by atoms with Crippen LogP contribution in [0.2, 0.25) is 0 Å². The Kier molecular flexibility index (Phi) is 5.37. The molecule has 0 saturated carbocycles. The Morgan fingerprint density at radius 3 is 2.67 bits per heavy atom. The number of ether oxygens (including phenoxy) is 1. The number of carbonyl (C=O) groups excluding carboxylic acids is 1. The van der Waals surface area contributed by atoms with Crippen LogP contribution in [0.15, 0.2) is 48.7 Å². The van der Waals surface area contributed by atoms with Gasteiger partial charge in [0.2, 0.25) is 0 Å². The van der Waals surface area contributed by atoms with E-state index in [1.165, 1.54) is 23.5 Å². The van der Waals surface area contributed by atoms with Crippen LogP contribution in [0.5, 0.6) is 11.5 Å². The molecule has 27 heavy (non-hydrogen) atoms. The zero-order valence-electron chi connectivity index (χ0n) is 14.3. The van der Waals surface area contributed by atoms with E-state index < -0.39 is 11.9 Å². The largest absolute Gasteiger partial charge is 0.508 e. The Bertz CT molecular complexity index is 999. The highest BCUT2D eigenvalue weighted by Crippen LogP contribution is 2.32. The van der Waals surface area contributed by atoms with Crippen LogP contribution < -0.4 is 10.1 Å². The van der Waals surface area contributed by atoms with Gasteiger partial charge in [0.15, 0.2) is 0 Å². The molecule has 0 aliphatic heterocycles. The van der Waals surface area contributed by atoms with E-state index in [1.807, 2.05) is 24.3 Å². The number of aromatic hydroxyl groups is 1. The molecule has 3 N–H and O–H groups in total. The van der Waals surface area contributed by atoms with Crippen molar-refractivity contribution in [3.05, 3.63) is 64.7 Å². The van der Waals surface area contributed by atoms with Crippen molar-refractivity contribution in [2.45, 2.75) is 6.54 Å². The van der Waals surface area contributed by atoms with E-state index in [-0.39, 0.29) is 23.4 Å². The maximum Gasteiger partial charge on any atom is 0.335 e. The minimum Gasteiger partial charge on any atom is -0.508 e. The molecule has 2 aromatic carbocycles. The summed E-state index contributed by atoms with van der Waals surface area (Å²) in [5.74, 6) is -1.27. The van der Waals surface area contributed by atoms with Gasteiger partial charge in [0.25, 0.3) is 5.91 Å². The van der Waals surface area contributed by atoms with Crippen molar-refractivity contribution >= 4 is 23.2 Å². The molecule has 0 spiro atoms. The smallest absolute Gasteiger partial charge is 0.335 e. The van der Waals surface area contributed by atoms with Crippen LogP contribution in [0.1, 0.15) is 25.6 Å². The molecule has 1 amide bonds. The highest BCUT2D eigenvalue weighted by atomic mass is 32.1. The number of hydrogen-bond donors (Lipinski definition) is 3. The quantitative estimate of drug-likeness (QED) is 0.602. The average molecular weight is 384 g/mol. The maximum atomic E-state index is 12.3. The zero-order valence-corrected chi connectivity index (χ0v) is 15.1. The van der Waals surface area contributed by atoms with Gasteiger partial charge < -0.3 is 20.3 Å². The minimum atomic E-state index is -1.22. The molecule has 0 fully saturated rings. The van der Waals surface area contributed by atoms with E-state index >= 15 is 0 Å². The number of thiazole rings is 1. The molecule has 3 aromatic rings. The number of amides is 1. The number of rotatable bonds is 6. The molecule has 138 valence electrons. The lowest BCUT2D eigenvalue weighted by atomic mass is 10.1. The van der Waals surface area contributed by atoms with Gasteiger partial charge in [-0.1, -0.05) is 12.1 Å². The summed E-state index contributed by atoms with van der Waals surface area (Å²) in [6.07, 6.45) is 1.66. The van der Waals surface area contributed by atoms with Crippen molar-refractivity contribution in [1.82, 2.24) is 10.3 Å². The normalized spacial score (nSPS) is 10.4. The van der Waals surface area contributed by atoms with Gasteiger partial charge in [-0.2, -0.15) is 0 Å². The SMILES string of the molecule is COc1ccccc1-c1ncc(CNC(=O)c2cc(O)cc(C(=O)O)c2)s1. The number of para-hydroxylation sites is 1. The third-order valence-corrected chi connectivity index (χ3v) is 4.77. The first-order chi connectivity index (χ1) is 13.0. The Morgan fingerprint density at radius 1 is 1.19 bits per heavy atom. The number of carbonyl (C=O) groups is 2. The van der Waals surface area contributed by atoms with Gasteiger partial charge >= 0.3 is 5.97 Å². The molecular formula is C19H16N2O5S. The average Bonchev–Trinajstić information content (AvgIpc) is 3.14. The number of benzene rings is 2. The lowest BCUT2D eigenvalue weighted by Crippen LogP contribution is -2.22. The lowest BCUT2D eigenvalue weighted by Gasteiger charge is -2.06. The summed E-state index contributed by atoms with van der Waals surface area (Å²) in [6.45, 7) is 0.226. The van der Waals surface area contributed by atoms with Gasteiger partial charge in [-0.3, -0.25) is 4.79 Å². The number of nitrogens with one attached hydrogen (secondary N) is 1. The van der Waals surface area contributed by atoms with Gasteiger partial charge in [0.1, 0.15) is 16.5 Å². The second kappa shape index (κ2) is 7.88. The number of aromatic nitrogens is 1. The molecule has 0 aliphatic carbocycles. The number of phenols is 1. The van der Waals surface area contributed by atoms with E-state index in [1.54, 1.807) is 13.3 Å². The number of carboxylic acid groups (broad SMARTS) is 1. The Balaban J connectivity index is 1.72. The fourth-order valence-corrected chi connectivity index (χ4v) is 3.35. The topological polar surface area (TPSA) is 109 Å². The van der Waals surface area contributed by atoms with E-state index in [0.29, 0.717) is 5.75 Å². The summed E-state index contributed by atoms with van der Waals surface area (Å²) in [6, 6.07) is 11.0. The van der Waals surface area contributed by atoms with E-state index in [9.17, 15) is 14.7 Å². The molecule has 0 unspecified atom stereocenters. The van der Waals surface area contributed by atoms with Gasteiger partial charge in [0, 0.05) is 16.6 Å². The molecule has 0 atom stereocenters. The first-order valence-electron chi connectivity index (χ1n) is 7.91. The van der Waals surface area contributed by atoms with Crippen LogP contribution in [-0.2, 0) is 6.54 Å². The molecule has 3 rings (SSSR count). The van der Waals surface area contributed by atoms with E-state index in [2.05, 4.69) is 10.3 Å². The molecule has 0 radical (unpaired) electrons. The summed E-state index contributed by atoms with van der Waals surface area (Å²) in [4.78, 5) is 28.5. The molecule has 7 nitrogen and oxygen atoms in total. The predicted molar refractivity (Wildman–Crippen MR) is 100 cm³/mol. The fraction of sp³-hybridized carbons (Fsp3) is 0.105. The third kappa shape index (κ3) is 4.24. The van der Waals surface area contributed by atoms with Gasteiger partial charge in [-0.15, -0.1) is 11.3 Å². The van der Waals surface area contributed by atoms with Crippen LogP contribution in [-0.4, -0.2) is 34.2 Å². The van der Waals surface area contributed by atoms with Crippen molar-refractivity contribution in [2.75, 3.05) is 7.11 Å². The van der Waals surface area contributed by atoms with E-state index in [0.717, 1.165) is 21.5 Å². The van der Waals surface area contributed by atoms with Crippen LogP contribution in [0.25, 0.3) is 10.6 Å². The van der Waals surface area contributed by atoms with Crippen molar-refractivity contribution in [3.8, 4) is 22.1 Å². The second-order valence-corrected chi connectivity index (χ2v) is 6.70. The number of aromatic carboxylic acids is 1. The van der Waals surface area contributed by atoms with Crippen molar-refractivity contribution in [3.63, 3.8) is 0 Å². The number of carboxylic acids is 1. The number of hydrogen-bond acceptors (Lipinski definition) is 6. The molecule has 0 saturated heterocycles. The molecule has 1 aromatic heterocycles. The minimum absolute atomic E-state index is 0.0712. The van der Waals surface area contributed by atoms with Gasteiger partial charge in [-0.25, -0.2) is 9.78 Å². The fourth-order valence-electron chi connectivity index (χ4n) is 2.47. The molecule has 1 heterocycles. The van der Waals surface area contributed by atoms with Crippen molar-refractivity contribution in [2.24, 2.45) is 0 Å². The van der Waals surface area contributed by atoms with Crippen LogP contribution in [0.4, 0.5) is 0 Å². The number of methoxy groups -OCH3 is 1. The van der Waals surface area contributed by atoms with Gasteiger partial charge in [-0.05, 0) is 30.3 Å². The van der Waals surface area contributed by atoms with Crippen LogP contribution in [0.3, 0.4) is 0 Å². The number of phenolic OH excluding ortho intramolecular Hbond substituents is 1. The summed E-state index contributed by atoms with van der Waals surface area (Å²) >= 11 is 1.41. The zero-order chi connectivity index (χ0) is 19.4. The standard InChI is InChI=1S/C19H16N2O5S/c1-26-16-5-3-2-4-15(16)18-21-10-14(27-18)9-20-17(23)11-6-12(19(24)25)8-13(22)7-11/h2-8,10,22H,9H2,1H3,(H,20,23)(H,24,25).